The molecule has 0 saturated carbocycles. The summed E-state index contributed by atoms with van der Waals surface area (Å²) in [6, 6.07) is 13.6. The fraction of sp³-hybridized carbons (Fsp3) is 0.0588. The van der Waals surface area contributed by atoms with E-state index in [2.05, 4.69) is 0 Å². The summed E-state index contributed by atoms with van der Waals surface area (Å²) in [6.07, 6.45) is 0. The van der Waals surface area contributed by atoms with E-state index in [1.807, 2.05) is 24.3 Å². The van der Waals surface area contributed by atoms with E-state index in [4.69, 9.17) is 17.3 Å². The molecule has 0 aliphatic rings. The van der Waals surface area contributed by atoms with Gasteiger partial charge in [0.15, 0.2) is 0 Å². The first-order valence-corrected chi connectivity index (χ1v) is 6.84. The Morgan fingerprint density at radius 1 is 0.810 bits per heavy atom. The van der Waals surface area contributed by atoms with Gasteiger partial charge in [-0.25, -0.2) is 8.78 Å². The molecule has 106 valence electrons. The Hall–Kier alpha value is -1.97. The standard InChI is InChI=1S/C17H12ClF2N/c18-13-9-8-12(10-4-1-2-5-11(10)13)17(21)16-14(19)6-3-7-15(16)20/h1-9,17H,21H2. The highest BCUT2D eigenvalue weighted by molar-refractivity contribution is 6.35. The van der Waals surface area contributed by atoms with E-state index in [1.165, 1.54) is 18.2 Å². The van der Waals surface area contributed by atoms with Crippen molar-refractivity contribution in [3.8, 4) is 0 Å². The van der Waals surface area contributed by atoms with Gasteiger partial charge in [0.1, 0.15) is 11.6 Å². The van der Waals surface area contributed by atoms with Crippen molar-refractivity contribution in [1.82, 2.24) is 0 Å². The highest BCUT2D eigenvalue weighted by Gasteiger charge is 2.20. The Balaban J connectivity index is 2.23. The molecule has 3 rings (SSSR count). The van der Waals surface area contributed by atoms with Gasteiger partial charge in [-0.1, -0.05) is 48.0 Å². The van der Waals surface area contributed by atoms with Crippen molar-refractivity contribution in [3.05, 3.63) is 82.4 Å². The van der Waals surface area contributed by atoms with Crippen molar-refractivity contribution in [1.29, 1.82) is 0 Å². The minimum absolute atomic E-state index is 0.134. The molecule has 0 saturated heterocycles. The molecule has 0 aliphatic carbocycles. The summed E-state index contributed by atoms with van der Waals surface area (Å²) in [7, 11) is 0. The van der Waals surface area contributed by atoms with Gasteiger partial charge in [0.2, 0.25) is 0 Å². The third-order valence-corrected chi connectivity index (χ3v) is 3.88. The van der Waals surface area contributed by atoms with Crippen LogP contribution in [-0.4, -0.2) is 0 Å². The molecule has 0 aliphatic heterocycles. The van der Waals surface area contributed by atoms with Gasteiger partial charge in [-0.05, 0) is 29.1 Å². The summed E-state index contributed by atoms with van der Waals surface area (Å²) in [5.74, 6) is -1.30. The van der Waals surface area contributed by atoms with Crippen LogP contribution in [0.15, 0.2) is 54.6 Å². The lowest BCUT2D eigenvalue weighted by Gasteiger charge is -2.17. The van der Waals surface area contributed by atoms with Gasteiger partial charge in [-0.15, -0.1) is 0 Å². The quantitative estimate of drug-likeness (QED) is 0.721. The lowest BCUT2D eigenvalue weighted by Crippen LogP contribution is -2.16. The van der Waals surface area contributed by atoms with Crippen LogP contribution >= 0.6 is 11.6 Å². The molecule has 21 heavy (non-hydrogen) atoms. The molecule has 0 amide bonds. The zero-order valence-electron chi connectivity index (χ0n) is 11.0. The minimum atomic E-state index is -0.895. The first kappa shape index (κ1) is 14.0. The molecule has 1 atom stereocenters. The molecule has 4 heteroatoms. The maximum absolute atomic E-state index is 13.9. The predicted molar refractivity (Wildman–Crippen MR) is 81.3 cm³/mol. The second kappa shape index (κ2) is 5.43. The average Bonchev–Trinajstić information content (AvgIpc) is 2.47. The SMILES string of the molecule is NC(c1c(F)cccc1F)c1ccc(Cl)c2ccccc12. The molecule has 0 fully saturated rings. The summed E-state index contributed by atoms with van der Waals surface area (Å²) < 4.78 is 27.8. The smallest absolute Gasteiger partial charge is 0.131 e. The topological polar surface area (TPSA) is 26.0 Å². The molecule has 0 spiro atoms. The Morgan fingerprint density at radius 3 is 2.10 bits per heavy atom. The Bertz CT molecular complexity index is 797. The van der Waals surface area contributed by atoms with E-state index < -0.39 is 17.7 Å². The largest absolute Gasteiger partial charge is 0.320 e. The van der Waals surface area contributed by atoms with E-state index in [9.17, 15) is 8.78 Å². The Labute approximate surface area is 126 Å². The van der Waals surface area contributed by atoms with E-state index >= 15 is 0 Å². The van der Waals surface area contributed by atoms with Crippen molar-refractivity contribution in [2.45, 2.75) is 6.04 Å². The van der Waals surface area contributed by atoms with Gasteiger partial charge >= 0.3 is 0 Å². The first-order chi connectivity index (χ1) is 10.1. The fourth-order valence-corrected chi connectivity index (χ4v) is 2.75. The van der Waals surface area contributed by atoms with Gasteiger partial charge < -0.3 is 5.73 Å². The normalized spacial score (nSPS) is 12.6. The number of halogens is 3. The zero-order chi connectivity index (χ0) is 15.0. The van der Waals surface area contributed by atoms with Crippen molar-refractivity contribution in [2.24, 2.45) is 5.73 Å². The number of rotatable bonds is 2. The molecule has 1 unspecified atom stereocenters. The summed E-state index contributed by atoms with van der Waals surface area (Å²) >= 11 is 6.15. The second-order valence-corrected chi connectivity index (χ2v) is 5.20. The van der Waals surface area contributed by atoms with Crippen LogP contribution in [0, 0.1) is 11.6 Å². The molecule has 3 aromatic rings. The lowest BCUT2D eigenvalue weighted by atomic mass is 9.94. The molecular formula is C17H12ClF2N. The monoisotopic (exact) mass is 303 g/mol. The average molecular weight is 304 g/mol. The van der Waals surface area contributed by atoms with Crippen LogP contribution in [0.4, 0.5) is 8.78 Å². The molecular weight excluding hydrogens is 292 g/mol. The number of nitrogens with two attached hydrogens (primary N) is 1. The Morgan fingerprint density at radius 2 is 1.43 bits per heavy atom. The van der Waals surface area contributed by atoms with E-state index in [1.54, 1.807) is 12.1 Å². The molecule has 0 heterocycles. The summed E-state index contributed by atoms with van der Waals surface area (Å²) in [5, 5.41) is 2.18. The minimum Gasteiger partial charge on any atom is -0.320 e. The number of benzene rings is 3. The van der Waals surface area contributed by atoms with Crippen LogP contribution in [0.25, 0.3) is 10.8 Å². The summed E-state index contributed by atoms with van der Waals surface area (Å²) in [5.41, 5.74) is 6.61. The van der Waals surface area contributed by atoms with Crippen LogP contribution in [0.1, 0.15) is 17.2 Å². The van der Waals surface area contributed by atoms with Gasteiger partial charge in [0.25, 0.3) is 0 Å². The number of fused-ring (bicyclic) bond motifs is 1. The van der Waals surface area contributed by atoms with Crippen molar-refractivity contribution in [3.63, 3.8) is 0 Å². The predicted octanol–water partition coefficient (Wildman–Crippen LogP) is 4.82. The fourth-order valence-electron chi connectivity index (χ4n) is 2.52. The highest BCUT2D eigenvalue weighted by Crippen LogP contribution is 2.33. The summed E-state index contributed by atoms with van der Waals surface area (Å²) in [6.45, 7) is 0. The highest BCUT2D eigenvalue weighted by atomic mass is 35.5. The van der Waals surface area contributed by atoms with Crippen molar-refractivity contribution >= 4 is 22.4 Å². The molecule has 0 bridgehead atoms. The maximum atomic E-state index is 13.9. The number of hydrogen-bond acceptors (Lipinski definition) is 1. The van der Waals surface area contributed by atoms with E-state index in [0.29, 0.717) is 10.6 Å². The van der Waals surface area contributed by atoms with Gasteiger partial charge in [-0.2, -0.15) is 0 Å². The third-order valence-electron chi connectivity index (χ3n) is 3.55. The Kier molecular flexibility index (Phi) is 3.62. The molecule has 0 radical (unpaired) electrons. The zero-order valence-corrected chi connectivity index (χ0v) is 11.7. The van der Waals surface area contributed by atoms with Crippen molar-refractivity contribution in [2.75, 3.05) is 0 Å². The maximum Gasteiger partial charge on any atom is 0.131 e. The third kappa shape index (κ3) is 2.39. The summed E-state index contributed by atoms with van der Waals surface area (Å²) in [4.78, 5) is 0. The van der Waals surface area contributed by atoms with E-state index in [-0.39, 0.29) is 5.56 Å². The van der Waals surface area contributed by atoms with Gasteiger partial charge in [-0.3, -0.25) is 0 Å². The van der Waals surface area contributed by atoms with Gasteiger partial charge in [0, 0.05) is 16.0 Å². The number of hydrogen-bond donors (Lipinski definition) is 1. The first-order valence-electron chi connectivity index (χ1n) is 6.46. The second-order valence-electron chi connectivity index (χ2n) is 4.80. The molecule has 3 aromatic carbocycles. The lowest BCUT2D eigenvalue weighted by molar-refractivity contribution is 0.544. The van der Waals surface area contributed by atoms with Gasteiger partial charge in [0.05, 0.1) is 6.04 Å². The molecule has 0 aromatic heterocycles. The molecule has 1 nitrogen and oxygen atoms in total. The van der Waals surface area contributed by atoms with Crippen LogP contribution < -0.4 is 5.73 Å². The van der Waals surface area contributed by atoms with E-state index in [0.717, 1.165) is 10.8 Å². The van der Waals surface area contributed by atoms with Crippen LogP contribution in [-0.2, 0) is 0 Å². The van der Waals surface area contributed by atoms with Crippen LogP contribution in [0.2, 0.25) is 5.02 Å². The van der Waals surface area contributed by atoms with Crippen molar-refractivity contribution < 1.29 is 8.78 Å². The van der Waals surface area contributed by atoms with Crippen LogP contribution in [0.3, 0.4) is 0 Å². The molecule has 2 N–H and O–H groups in total. The van der Waals surface area contributed by atoms with Crippen LogP contribution in [0.5, 0.6) is 0 Å².